The Kier molecular flexibility index (Phi) is 5.10. The highest BCUT2D eigenvalue weighted by atomic mass is 16.5. The van der Waals surface area contributed by atoms with Gasteiger partial charge in [-0.3, -0.25) is 0 Å². The van der Waals surface area contributed by atoms with E-state index in [1.165, 1.54) is 16.7 Å². The van der Waals surface area contributed by atoms with Crippen molar-refractivity contribution in [2.45, 2.75) is 53.1 Å². The van der Waals surface area contributed by atoms with Gasteiger partial charge in [0.1, 0.15) is 11.4 Å². The maximum Gasteiger partial charge on any atom is 0.130 e. The van der Waals surface area contributed by atoms with Crippen LogP contribution in [0, 0.1) is 5.92 Å². The fourth-order valence-electron chi connectivity index (χ4n) is 2.77. The second-order valence-electron chi connectivity index (χ2n) is 7.05. The van der Waals surface area contributed by atoms with Gasteiger partial charge in [0.05, 0.1) is 0 Å². The standard InChI is InChI=1S/C19H29NO/c1-6-15(13-20-12-14(2)3)10-16-8-7-9-17-11-19(4,5)21-18(16)17/h7-10,14,20H,6,11-13H2,1-5H3. The minimum Gasteiger partial charge on any atom is -0.487 e. The Labute approximate surface area is 129 Å². The second-order valence-corrected chi connectivity index (χ2v) is 7.05. The summed E-state index contributed by atoms with van der Waals surface area (Å²) in [6.07, 6.45) is 4.36. The highest BCUT2D eigenvalue weighted by Gasteiger charge is 2.31. The summed E-state index contributed by atoms with van der Waals surface area (Å²) in [6, 6.07) is 6.49. The molecule has 0 fully saturated rings. The van der Waals surface area contributed by atoms with E-state index in [2.05, 4.69) is 64.2 Å². The van der Waals surface area contributed by atoms with Gasteiger partial charge in [-0.25, -0.2) is 0 Å². The molecule has 0 saturated heterocycles. The fourth-order valence-corrected chi connectivity index (χ4v) is 2.77. The van der Waals surface area contributed by atoms with Crippen LogP contribution in [-0.4, -0.2) is 18.7 Å². The Morgan fingerprint density at radius 2 is 2.14 bits per heavy atom. The molecule has 0 atom stereocenters. The van der Waals surface area contributed by atoms with Crippen LogP contribution in [0.3, 0.4) is 0 Å². The van der Waals surface area contributed by atoms with Crippen LogP contribution in [0.2, 0.25) is 0 Å². The lowest BCUT2D eigenvalue weighted by atomic mass is 9.99. The predicted molar refractivity (Wildman–Crippen MR) is 90.8 cm³/mol. The molecule has 1 aliphatic rings. The van der Waals surface area contributed by atoms with E-state index in [4.69, 9.17) is 4.74 Å². The molecule has 0 aliphatic carbocycles. The number of benzene rings is 1. The number of hydrogen-bond donors (Lipinski definition) is 1. The van der Waals surface area contributed by atoms with Crippen LogP contribution < -0.4 is 10.1 Å². The molecule has 1 aromatic rings. The Hall–Kier alpha value is -1.28. The summed E-state index contributed by atoms with van der Waals surface area (Å²) in [6.45, 7) is 13.0. The maximum atomic E-state index is 6.15. The van der Waals surface area contributed by atoms with E-state index in [0.717, 1.165) is 31.7 Å². The van der Waals surface area contributed by atoms with E-state index in [0.29, 0.717) is 5.92 Å². The second kappa shape index (κ2) is 6.65. The van der Waals surface area contributed by atoms with Gasteiger partial charge >= 0.3 is 0 Å². The molecule has 0 aromatic heterocycles. The molecule has 0 saturated carbocycles. The highest BCUT2D eigenvalue weighted by Crippen LogP contribution is 2.38. The van der Waals surface area contributed by atoms with Crippen molar-refractivity contribution in [2.24, 2.45) is 5.92 Å². The third-order valence-corrected chi connectivity index (χ3v) is 3.84. The zero-order chi connectivity index (χ0) is 15.5. The Morgan fingerprint density at radius 3 is 2.81 bits per heavy atom. The zero-order valence-corrected chi connectivity index (χ0v) is 14.1. The minimum atomic E-state index is -0.0749. The smallest absolute Gasteiger partial charge is 0.130 e. The molecule has 1 heterocycles. The van der Waals surface area contributed by atoms with Crippen LogP contribution in [0.5, 0.6) is 5.75 Å². The summed E-state index contributed by atoms with van der Waals surface area (Å²) in [5.74, 6) is 1.77. The minimum absolute atomic E-state index is 0.0749. The number of fused-ring (bicyclic) bond motifs is 1. The van der Waals surface area contributed by atoms with Gasteiger partial charge < -0.3 is 10.1 Å². The molecule has 2 rings (SSSR count). The quantitative estimate of drug-likeness (QED) is 0.835. The van der Waals surface area contributed by atoms with Crippen LogP contribution in [0.4, 0.5) is 0 Å². The molecule has 116 valence electrons. The Bertz CT molecular complexity index is 514. The van der Waals surface area contributed by atoms with E-state index < -0.39 is 0 Å². The average Bonchev–Trinajstić information content (AvgIpc) is 2.72. The number of ether oxygens (including phenoxy) is 1. The molecular weight excluding hydrogens is 258 g/mol. The van der Waals surface area contributed by atoms with Crippen LogP contribution >= 0.6 is 0 Å². The first kappa shape index (κ1) is 16.1. The van der Waals surface area contributed by atoms with Crippen LogP contribution in [0.1, 0.15) is 52.2 Å². The van der Waals surface area contributed by atoms with Crippen molar-refractivity contribution in [3.8, 4) is 5.75 Å². The van der Waals surface area contributed by atoms with Crippen molar-refractivity contribution >= 4 is 6.08 Å². The van der Waals surface area contributed by atoms with Crippen LogP contribution in [-0.2, 0) is 6.42 Å². The molecule has 0 bridgehead atoms. The van der Waals surface area contributed by atoms with Crippen molar-refractivity contribution in [3.05, 3.63) is 34.9 Å². The van der Waals surface area contributed by atoms with Crippen molar-refractivity contribution in [1.29, 1.82) is 0 Å². The first-order valence-electron chi connectivity index (χ1n) is 8.12. The van der Waals surface area contributed by atoms with E-state index >= 15 is 0 Å². The monoisotopic (exact) mass is 287 g/mol. The van der Waals surface area contributed by atoms with Gasteiger partial charge in [0.15, 0.2) is 0 Å². The van der Waals surface area contributed by atoms with E-state index in [-0.39, 0.29) is 5.60 Å². The summed E-state index contributed by atoms with van der Waals surface area (Å²) >= 11 is 0. The maximum absolute atomic E-state index is 6.15. The summed E-state index contributed by atoms with van der Waals surface area (Å²) in [5.41, 5.74) is 3.91. The predicted octanol–water partition coefficient (Wildman–Crippen LogP) is 4.44. The number of nitrogens with one attached hydrogen (secondary N) is 1. The highest BCUT2D eigenvalue weighted by molar-refractivity contribution is 5.63. The van der Waals surface area contributed by atoms with Crippen molar-refractivity contribution in [2.75, 3.05) is 13.1 Å². The Balaban J connectivity index is 2.15. The first-order chi connectivity index (χ1) is 9.91. The molecule has 1 aromatic carbocycles. The van der Waals surface area contributed by atoms with Crippen LogP contribution in [0.15, 0.2) is 23.8 Å². The molecule has 2 nitrogen and oxygen atoms in total. The first-order valence-corrected chi connectivity index (χ1v) is 8.12. The lowest BCUT2D eigenvalue weighted by Crippen LogP contribution is -2.24. The molecule has 1 aliphatic heterocycles. The van der Waals surface area contributed by atoms with Crippen LogP contribution in [0.25, 0.3) is 6.08 Å². The average molecular weight is 287 g/mol. The van der Waals surface area contributed by atoms with Gasteiger partial charge in [-0.2, -0.15) is 0 Å². The zero-order valence-electron chi connectivity index (χ0n) is 14.1. The third-order valence-electron chi connectivity index (χ3n) is 3.84. The van der Waals surface area contributed by atoms with E-state index in [9.17, 15) is 0 Å². The molecule has 2 heteroatoms. The summed E-state index contributed by atoms with van der Waals surface area (Å²) in [7, 11) is 0. The SMILES string of the molecule is CCC(=Cc1cccc2c1OC(C)(C)C2)CNCC(C)C. The molecular formula is C19H29NO. The third kappa shape index (κ3) is 4.34. The van der Waals surface area contributed by atoms with Crippen molar-refractivity contribution in [1.82, 2.24) is 5.32 Å². The molecule has 0 amide bonds. The Morgan fingerprint density at radius 1 is 1.38 bits per heavy atom. The van der Waals surface area contributed by atoms with Gasteiger partial charge in [-0.05, 0) is 38.3 Å². The van der Waals surface area contributed by atoms with Gasteiger partial charge in [-0.1, -0.05) is 50.6 Å². The molecule has 0 spiro atoms. The largest absolute Gasteiger partial charge is 0.487 e. The lowest BCUT2D eigenvalue weighted by Gasteiger charge is -2.18. The summed E-state index contributed by atoms with van der Waals surface area (Å²) < 4.78 is 6.15. The van der Waals surface area contributed by atoms with Crippen molar-refractivity contribution < 1.29 is 4.74 Å². The number of hydrogen-bond acceptors (Lipinski definition) is 2. The normalized spacial score (nSPS) is 17.0. The van der Waals surface area contributed by atoms with Crippen molar-refractivity contribution in [3.63, 3.8) is 0 Å². The molecule has 21 heavy (non-hydrogen) atoms. The summed E-state index contributed by atoms with van der Waals surface area (Å²) in [4.78, 5) is 0. The lowest BCUT2D eigenvalue weighted by molar-refractivity contribution is 0.138. The van der Waals surface area contributed by atoms with Gasteiger partial charge in [-0.15, -0.1) is 0 Å². The molecule has 0 unspecified atom stereocenters. The van der Waals surface area contributed by atoms with Gasteiger partial charge in [0.25, 0.3) is 0 Å². The number of para-hydroxylation sites is 1. The summed E-state index contributed by atoms with van der Waals surface area (Å²) in [5, 5.41) is 3.53. The van der Waals surface area contributed by atoms with Gasteiger partial charge in [0, 0.05) is 18.5 Å². The topological polar surface area (TPSA) is 21.3 Å². The fraction of sp³-hybridized carbons (Fsp3) is 0.579. The van der Waals surface area contributed by atoms with Gasteiger partial charge in [0.2, 0.25) is 0 Å². The molecule has 0 radical (unpaired) electrons. The molecule has 1 N–H and O–H groups in total. The van der Waals surface area contributed by atoms with E-state index in [1.54, 1.807) is 0 Å². The van der Waals surface area contributed by atoms with E-state index in [1.807, 2.05) is 0 Å². The number of rotatable bonds is 6.